The van der Waals surface area contributed by atoms with Gasteiger partial charge in [0.15, 0.2) is 17.1 Å². The molecule has 1 aliphatic heterocycles. The molecule has 0 spiro atoms. The number of rotatable bonds is 4. The summed E-state index contributed by atoms with van der Waals surface area (Å²) < 4.78 is 24.8. The summed E-state index contributed by atoms with van der Waals surface area (Å²) in [6.07, 6.45) is 1.32. The number of nitrogens with zero attached hydrogens (tertiary/aromatic N) is 3. The van der Waals surface area contributed by atoms with E-state index in [0.717, 1.165) is 4.57 Å². The van der Waals surface area contributed by atoms with Crippen LogP contribution in [0.2, 0.25) is 5.02 Å². The van der Waals surface area contributed by atoms with Crippen molar-refractivity contribution in [2.45, 2.75) is 6.54 Å². The van der Waals surface area contributed by atoms with E-state index in [1.54, 1.807) is 24.3 Å². The van der Waals surface area contributed by atoms with Crippen molar-refractivity contribution in [2.75, 3.05) is 12.1 Å². The third-order valence-electron chi connectivity index (χ3n) is 4.70. The van der Waals surface area contributed by atoms with Crippen LogP contribution in [0.1, 0.15) is 5.56 Å². The molecule has 31 heavy (non-hydrogen) atoms. The minimum Gasteiger partial charge on any atom is -0.454 e. The second kappa shape index (κ2) is 7.40. The highest BCUT2D eigenvalue weighted by Crippen LogP contribution is 2.33. The Morgan fingerprint density at radius 3 is 2.84 bits per heavy atom. The van der Waals surface area contributed by atoms with Crippen LogP contribution in [0.5, 0.6) is 11.5 Å². The van der Waals surface area contributed by atoms with Crippen LogP contribution in [0, 0.1) is 5.82 Å². The van der Waals surface area contributed by atoms with Crippen molar-refractivity contribution in [3.05, 3.63) is 79.8 Å². The molecule has 0 amide bonds. The van der Waals surface area contributed by atoms with Gasteiger partial charge in [-0.3, -0.25) is 9.78 Å². The first-order valence-corrected chi connectivity index (χ1v) is 9.47. The van der Waals surface area contributed by atoms with Crippen molar-refractivity contribution in [1.29, 1.82) is 0 Å². The average molecular weight is 442 g/mol. The zero-order valence-corrected chi connectivity index (χ0v) is 16.4. The Kier molecular flexibility index (Phi) is 4.55. The monoisotopic (exact) mass is 441 g/mol. The van der Waals surface area contributed by atoms with Gasteiger partial charge in [-0.1, -0.05) is 17.7 Å². The Morgan fingerprint density at radius 1 is 1.16 bits per heavy atom. The van der Waals surface area contributed by atoms with Gasteiger partial charge in [0.05, 0.1) is 10.7 Å². The third-order valence-corrected chi connectivity index (χ3v) is 4.99. The lowest BCUT2D eigenvalue weighted by Gasteiger charge is -2.09. The summed E-state index contributed by atoms with van der Waals surface area (Å²) >= 11 is 5.78. The second-order valence-corrected chi connectivity index (χ2v) is 7.07. The number of aromatic amines is 1. The maximum absolute atomic E-state index is 13.3. The predicted molar refractivity (Wildman–Crippen MR) is 111 cm³/mol. The van der Waals surface area contributed by atoms with E-state index in [-0.39, 0.29) is 35.3 Å². The molecule has 0 unspecified atom stereocenters. The van der Waals surface area contributed by atoms with Gasteiger partial charge in [-0.15, -0.1) is 0 Å². The molecule has 2 N–H and O–H groups in total. The molecular weight excluding hydrogens is 429 g/mol. The minimum absolute atomic E-state index is 0.00660. The molecule has 11 heteroatoms. The first-order chi connectivity index (χ1) is 15.0. The number of halogens is 2. The topological polar surface area (TPSA) is 111 Å². The van der Waals surface area contributed by atoms with Crippen LogP contribution in [0.4, 0.5) is 10.3 Å². The first kappa shape index (κ1) is 19.1. The molecule has 0 atom stereocenters. The molecule has 1 aliphatic rings. The van der Waals surface area contributed by atoms with Gasteiger partial charge < -0.3 is 14.8 Å². The van der Waals surface area contributed by atoms with E-state index in [2.05, 4.69) is 20.3 Å². The number of H-pyrrole nitrogens is 1. The van der Waals surface area contributed by atoms with E-state index in [9.17, 15) is 14.0 Å². The lowest BCUT2D eigenvalue weighted by Crippen LogP contribution is -2.34. The van der Waals surface area contributed by atoms with E-state index < -0.39 is 17.1 Å². The largest absolute Gasteiger partial charge is 0.454 e. The molecule has 4 aromatic rings. The molecule has 3 heterocycles. The van der Waals surface area contributed by atoms with Crippen LogP contribution in [0.3, 0.4) is 0 Å². The summed E-state index contributed by atoms with van der Waals surface area (Å²) in [5.41, 5.74) is -0.114. The molecule has 0 bridgehead atoms. The summed E-state index contributed by atoms with van der Waals surface area (Å²) in [6.45, 7) is 0.347. The van der Waals surface area contributed by atoms with Crippen LogP contribution in [-0.4, -0.2) is 26.3 Å². The normalized spacial score (nSPS) is 12.3. The molecule has 156 valence electrons. The van der Waals surface area contributed by atoms with E-state index >= 15 is 0 Å². The van der Waals surface area contributed by atoms with Crippen LogP contribution in [0.15, 0.2) is 52.2 Å². The minimum atomic E-state index is -0.661. The summed E-state index contributed by atoms with van der Waals surface area (Å²) in [4.78, 5) is 36.5. The fraction of sp³-hybridized carbons (Fsp3) is 0.100. The van der Waals surface area contributed by atoms with Gasteiger partial charge in [-0.2, -0.15) is 4.98 Å². The van der Waals surface area contributed by atoms with Crippen molar-refractivity contribution in [3.63, 3.8) is 0 Å². The van der Waals surface area contributed by atoms with E-state index in [1.165, 1.54) is 18.3 Å². The average Bonchev–Trinajstić information content (AvgIpc) is 3.22. The summed E-state index contributed by atoms with van der Waals surface area (Å²) in [5.74, 6) is 0.656. The summed E-state index contributed by atoms with van der Waals surface area (Å²) in [6, 6.07) is 9.07. The number of benzene rings is 2. The molecule has 0 saturated heterocycles. The van der Waals surface area contributed by atoms with E-state index in [0.29, 0.717) is 22.7 Å². The van der Waals surface area contributed by atoms with Crippen LogP contribution in [-0.2, 0) is 6.54 Å². The van der Waals surface area contributed by atoms with Crippen LogP contribution < -0.4 is 26.0 Å². The van der Waals surface area contributed by atoms with Crippen molar-refractivity contribution in [2.24, 2.45) is 0 Å². The lowest BCUT2D eigenvalue weighted by molar-refractivity contribution is 0.174. The van der Waals surface area contributed by atoms with Crippen molar-refractivity contribution in [1.82, 2.24) is 19.5 Å². The van der Waals surface area contributed by atoms with Gasteiger partial charge in [0.2, 0.25) is 12.7 Å². The number of hydrogen-bond acceptors (Lipinski definition) is 7. The highest BCUT2D eigenvalue weighted by atomic mass is 35.5. The fourth-order valence-corrected chi connectivity index (χ4v) is 3.38. The SMILES string of the molecule is O=c1[nH]c2nc(NCc3ccc(F)c(Cl)c3)ncc2c(=O)n1-c1ccc2c(c1)OCO2. The van der Waals surface area contributed by atoms with Gasteiger partial charge in [0, 0.05) is 18.8 Å². The summed E-state index contributed by atoms with van der Waals surface area (Å²) in [7, 11) is 0. The maximum Gasteiger partial charge on any atom is 0.334 e. The lowest BCUT2D eigenvalue weighted by atomic mass is 10.2. The van der Waals surface area contributed by atoms with Crippen molar-refractivity contribution >= 4 is 28.6 Å². The molecular formula is C20H13ClFN5O4. The number of ether oxygens (including phenoxy) is 2. The van der Waals surface area contributed by atoms with Gasteiger partial charge in [-0.05, 0) is 29.8 Å². The summed E-state index contributed by atoms with van der Waals surface area (Å²) in [5, 5.41) is 3.09. The van der Waals surface area contributed by atoms with Crippen molar-refractivity contribution < 1.29 is 13.9 Å². The van der Waals surface area contributed by atoms with Gasteiger partial charge >= 0.3 is 5.69 Å². The maximum atomic E-state index is 13.3. The Morgan fingerprint density at radius 2 is 2.00 bits per heavy atom. The Hall–Kier alpha value is -3.92. The fourth-order valence-electron chi connectivity index (χ4n) is 3.18. The smallest absolute Gasteiger partial charge is 0.334 e. The van der Waals surface area contributed by atoms with Crippen LogP contribution >= 0.6 is 11.6 Å². The molecule has 5 rings (SSSR count). The number of fused-ring (bicyclic) bond motifs is 2. The van der Waals surface area contributed by atoms with E-state index in [1.807, 2.05) is 0 Å². The molecule has 0 radical (unpaired) electrons. The zero-order chi connectivity index (χ0) is 21.5. The molecule has 2 aromatic carbocycles. The zero-order valence-electron chi connectivity index (χ0n) is 15.7. The molecule has 0 fully saturated rings. The van der Waals surface area contributed by atoms with Gasteiger partial charge in [0.1, 0.15) is 11.2 Å². The van der Waals surface area contributed by atoms with E-state index in [4.69, 9.17) is 21.1 Å². The third kappa shape index (κ3) is 3.46. The standard InChI is InChI=1S/C20H13ClFN5O4/c21-13-5-10(1-3-14(13)22)7-23-19-24-8-12-17(25-19)26-20(29)27(18(12)28)11-2-4-15-16(6-11)31-9-30-15/h1-6,8H,7,9H2,(H2,23,24,25,26,29). The molecule has 0 saturated carbocycles. The van der Waals surface area contributed by atoms with Gasteiger partial charge in [-0.25, -0.2) is 18.7 Å². The molecule has 9 nitrogen and oxygen atoms in total. The number of hydrogen-bond donors (Lipinski definition) is 2. The number of nitrogens with one attached hydrogen (secondary N) is 2. The molecule has 2 aromatic heterocycles. The number of aromatic nitrogens is 4. The Balaban J connectivity index is 1.48. The Labute approximate surface area is 178 Å². The highest BCUT2D eigenvalue weighted by molar-refractivity contribution is 6.30. The predicted octanol–water partition coefficient (Wildman–Crippen LogP) is 2.60. The first-order valence-electron chi connectivity index (χ1n) is 9.09. The Bertz CT molecular complexity index is 1450. The van der Waals surface area contributed by atoms with Crippen molar-refractivity contribution in [3.8, 4) is 17.2 Å². The van der Waals surface area contributed by atoms with Gasteiger partial charge in [0.25, 0.3) is 5.56 Å². The molecule has 0 aliphatic carbocycles. The number of anilines is 1. The second-order valence-electron chi connectivity index (χ2n) is 6.67. The highest BCUT2D eigenvalue weighted by Gasteiger charge is 2.17. The van der Waals surface area contributed by atoms with Crippen LogP contribution in [0.25, 0.3) is 16.7 Å². The quantitative estimate of drug-likeness (QED) is 0.500.